The van der Waals surface area contributed by atoms with E-state index in [1.54, 1.807) is 24.3 Å². The van der Waals surface area contributed by atoms with Gasteiger partial charge in [-0.1, -0.05) is 0 Å². The van der Waals surface area contributed by atoms with Crippen LogP contribution in [0.2, 0.25) is 0 Å². The second-order valence-corrected chi connectivity index (χ2v) is 3.58. The van der Waals surface area contributed by atoms with E-state index in [0.29, 0.717) is 11.4 Å². The van der Waals surface area contributed by atoms with E-state index in [-0.39, 0.29) is 5.82 Å². The summed E-state index contributed by atoms with van der Waals surface area (Å²) < 4.78 is 18.3. The van der Waals surface area contributed by atoms with Crippen molar-refractivity contribution in [3.05, 3.63) is 53.8 Å². The van der Waals surface area contributed by atoms with Crippen LogP contribution in [0.3, 0.4) is 0 Å². The van der Waals surface area contributed by atoms with Crippen LogP contribution in [0.4, 0.5) is 10.1 Å². The number of nitrogens with two attached hydrogens (primary N) is 1. The summed E-state index contributed by atoms with van der Waals surface area (Å²) >= 11 is 0. The number of ether oxygens (including phenoxy) is 1. The van der Waals surface area contributed by atoms with Crippen LogP contribution in [-0.2, 0) is 0 Å². The summed E-state index contributed by atoms with van der Waals surface area (Å²) in [7, 11) is 0. The number of benzene rings is 2. The Bertz CT molecular complexity index is 494. The van der Waals surface area contributed by atoms with Crippen LogP contribution in [-0.4, -0.2) is 0 Å². The van der Waals surface area contributed by atoms with Crippen molar-refractivity contribution in [2.24, 2.45) is 0 Å². The second kappa shape index (κ2) is 4.23. The van der Waals surface area contributed by atoms with Crippen molar-refractivity contribution >= 4 is 5.69 Å². The molecule has 0 radical (unpaired) electrons. The highest BCUT2D eigenvalue weighted by molar-refractivity contribution is 5.48. The molecule has 0 aliphatic heterocycles. The molecule has 0 amide bonds. The highest BCUT2D eigenvalue weighted by atomic mass is 19.1. The number of halogens is 1. The van der Waals surface area contributed by atoms with Crippen LogP contribution in [0, 0.1) is 12.7 Å². The minimum absolute atomic E-state index is 0.277. The van der Waals surface area contributed by atoms with Crippen molar-refractivity contribution in [2.45, 2.75) is 6.92 Å². The SMILES string of the molecule is Cc1cc(N)ccc1Oc1ccc(F)cc1. The number of aryl methyl sites for hydroxylation is 1. The van der Waals surface area contributed by atoms with Gasteiger partial charge in [0.05, 0.1) is 0 Å². The molecule has 0 heterocycles. The predicted molar refractivity (Wildman–Crippen MR) is 62.1 cm³/mol. The Morgan fingerprint density at radius 1 is 1.06 bits per heavy atom. The average Bonchev–Trinajstić information content (AvgIpc) is 2.25. The van der Waals surface area contributed by atoms with E-state index < -0.39 is 0 Å². The minimum Gasteiger partial charge on any atom is -0.457 e. The van der Waals surface area contributed by atoms with Gasteiger partial charge < -0.3 is 10.5 Å². The Balaban J connectivity index is 2.23. The Morgan fingerprint density at radius 2 is 1.75 bits per heavy atom. The Morgan fingerprint density at radius 3 is 2.38 bits per heavy atom. The quantitative estimate of drug-likeness (QED) is 0.781. The summed E-state index contributed by atoms with van der Waals surface area (Å²) in [4.78, 5) is 0. The molecule has 0 aromatic heterocycles. The van der Waals surface area contributed by atoms with Crippen LogP contribution >= 0.6 is 0 Å². The van der Waals surface area contributed by atoms with Crippen LogP contribution in [0.15, 0.2) is 42.5 Å². The fraction of sp³-hybridized carbons (Fsp3) is 0.0769. The van der Waals surface area contributed by atoms with Gasteiger partial charge in [0.25, 0.3) is 0 Å². The molecule has 0 bridgehead atoms. The average molecular weight is 217 g/mol. The third kappa shape index (κ3) is 2.31. The summed E-state index contributed by atoms with van der Waals surface area (Å²) in [6.45, 7) is 1.91. The fourth-order valence-corrected chi connectivity index (χ4v) is 1.42. The summed E-state index contributed by atoms with van der Waals surface area (Å²) in [5, 5.41) is 0. The highest BCUT2D eigenvalue weighted by Crippen LogP contribution is 2.26. The molecule has 0 spiro atoms. The van der Waals surface area contributed by atoms with Gasteiger partial charge in [-0.3, -0.25) is 0 Å². The molecule has 82 valence electrons. The molecule has 2 rings (SSSR count). The van der Waals surface area contributed by atoms with Crippen molar-refractivity contribution in [1.82, 2.24) is 0 Å². The van der Waals surface area contributed by atoms with Gasteiger partial charge in [0, 0.05) is 5.69 Å². The number of rotatable bonds is 2. The van der Waals surface area contributed by atoms with Gasteiger partial charge in [0.15, 0.2) is 0 Å². The second-order valence-electron chi connectivity index (χ2n) is 3.58. The molecule has 0 fully saturated rings. The van der Waals surface area contributed by atoms with Crippen LogP contribution < -0.4 is 10.5 Å². The third-order valence-corrected chi connectivity index (χ3v) is 2.24. The summed E-state index contributed by atoms with van der Waals surface area (Å²) in [6.07, 6.45) is 0. The Hall–Kier alpha value is -2.03. The van der Waals surface area contributed by atoms with Gasteiger partial charge in [-0.25, -0.2) is 4.39 Å². The summed E-state index contributed by atoms with van der Waals surface area (Å²) in [6, 6.07) is 11.3. The fourth-order valence-electron chi connectivity index (χ4n) is 1.42. The molecule has 0 saturated heterocycles. The zero-order valence-corrected chi connectivity index (χ0v) is 8.91. The molecule has 2 aromatic carbocycles. The molecule has 2 nitrogen and oxygen atoms in total. The highest BCUT2D eigenvalue weighted by Gasteiger charge is 2.01. The van der Waals surface area contributed by atoms with Crippen LogP contribution in [0.25, 0.3) is 0 Å². The van der Waals surface area contributed by atoms with Crippen LogP contribution in [0.1, 0.15) is 5.56 Å². The molecule has 2 aromatic rings. The Labute approximate surface area is 93.5 Å². The van der Waals surface area contributed by atoms with E-state index in [4.69, 9.17) is 10.5 Å². The third-order valence-electron chi connectivity index (χ3n) is 2.24. The van der Waals surface area contributed by atoms with Crippen molar-refractivity contribution in [1.29, 1.82) is 0 Å². The maximum absolute atomic E-state index is 12.7. The molecule has 3 heteroatoms. The van der Waals surface area contributed by atoms with Gasteiger partial charge in [0.2, 0.25) is 0 Å². The van der Waals surface area contributed by atoms with Gasteiger partial charge in [-0.15, -0.1) is 0 Å². The molecule has 0 unspecified atom stereocenters. The van der Waals surface area contributed by atoms with Crippen molar-refractivity contribution in [3.8, 4) is 11.5 Å². The largest absolute Gasteiger partial charge is 0.457 e. The van der Waals surface area contributed by atoms with Gasteiger partial charge in [-0.05, 0) is 55.0 Å². The molecular weight excluding hydrogens is 205 g/mol. The van der Waals surface area contributed by atoms with Gasteiger partial charge in [0.1, 0.15) is 17.3 Å². The number of hydrogen-bond acceptors (Lipinski definition) is 2. The molecular formula is C13H12FNO. The maximum Gasteiger partial charge on any atom is 0.130 e. The van der Waals surface area contributed by atoms with Crippen LogP contribution in [0.5, 0.6) is 11.5 Å². The maximum atomic E-state index is 12.7. The first kappa shape index (κ1) is 10.5. The minimum atomic E-state index is -0.277. The lowest BCUT2D eigenvalue weighted by Gasteiger charge is -2.08. The molecule has 2 N–H and O–H groups in total. The Kier molecular flexibility index (Phi) is 2.77. The van der Waals surface area contributed by atoms with Crippen molar-refractivity contribution in [2.75, 3.05) is 5.73 Å². The number of nitrogen functional groups attached to an aromatic ring is 1. The molecule has 16 heavy (non-hydrogen) atoms. The van der Waals surface area contributed by atoms with E-state index in [2.05, 4.69) is 0 Å². The number of anilines is 1. The molecule has 0 atom stereocenters. The topological polar surface area (TPSA) is 35.2 Å². The molecule has 0 saturated carbocycles. The van der Waals surface area contributed by atoms with E-state index in [0.717, 1.165) is 11.3 Å². The summed E-state index contributed by atoms with van der Waals surface area (Å²) in [5.74, 6) is 1.05. The molecule has 0 aliphatic rings. The zero-order valence-electron chi connectivity index (χ0n) is 8.91. The van der Waals surface area contributed by atoms with Gasteiger partial charge in [-0.2, -0.15) is 0 Å². The summed E-state index contributed by atoms with van der Waals surface area (Å²) in [5.41, 5.74) is 7.28. The monoisotopic (exact) mass is 217 g/mol. The first-order valence-electron chi connectivity index (χ1n) is 4.95. The predicted octanol–water partition coefficient (Wildman–Crippen LogP) is 3.51. The zero-order chi connectivity index (χ0) is 11.5. The smallest absolute Gasteiger partial charge is 0.130 e. The van der Waals surface area contributed by atoms with Crippen molar-refractivity contribution in [3.63, 3.8) is 0 Å². The lowest BCUT2D eigenvalue weighted by atomic mass is 10.2. The van der Waals surface area contributed by atoms with Gasteiger partial charge >= 0.3 is 0 Å². The first-order chi connectivity index (χ1) is 7.65. The first-order valence-corrected chi connectivity index (χ1v) is 4.95. The van der Waals surface area contributed by atoms with E-state index in [9.17, 15) is 4.39 Å². The van der Waals surface area contributed by atoms with E-state index >= 15 is 0 Å². The van der Waals surface area contributed by atoms with E-state index in [1.165, 1.54) is 12.1 Å². The van der Waals surface area contributed by atoms with E-state index in [1.807, 2.05) is 13.0 Å². The lowest BCUT2D eigenvalue weighted by molar-refractivity contribution is 0.477. The van der Waals surface area contributed by atoms with Crippen molar-refractivity contribution < 1.29 is 9.13 Å². The number of hydrogen-bond donors (Lipinski definition) is 1. The standard InChI is InChI=1S/C13H12FNO/c1-9-8-11(15)4-7-13(9)16-12-5-2-10(14)3-6-12/h2-8H,15H2,1H3. The lowest BCUT2D eigenvalue weighted by Crippen LogP contribution is -1.90. The normalized spacial score (nSPS) is 10.1. The molecule has 0 aliphatic carbocycles.